The number of rotatable bonds is 30. The molecule has 0 aliphatic heterocycles. The molecule has 132 heavy (non-hydrogen) atoms. The number of aryl methyl sites for hydroxylation is 2. The highest BCUT2D eigenvalue weighted by molar-refractivity contribution is 8.01. The fourth-order valence-corrected chi connectivity index (χ4v) is 28.9. The van der Waals surface area contributed by atoms with Crippen LogP contribution in [0.15, 0.2) is 461 Å². The molecule has 37 heteroatoms. The quantitative estimate of drug-likeness (QED) is 0.0304. The zero-order valence-corrected chi connectivity index (χ0v) is 81.3. The molecule has 0 amide bonds. The van der Waals surface area contributed by atoms with E-state index in [4.69, 9.17) is 0 Å². The molecule has 0 fully saturated rings. The number of hydrogen-bond acceptors (Lipinski definition) is 24. The van der Waals surface area contributed by atoms with Crippen molar-refractivity contribution in [2.75, 3.05) is 0 Å². The van der Waals surface area contributed by atoms with E-state index in [9.17, 15) is 94.0 Å². The van der Waals surface area contributed by atoms with Crippen LogP contribution in [-0.4, -0.2) is 94.0 Å². The molecule has 674 valence electrons. The summed E-state index contributed by atoms with van der Waals surface area (Å²) in [7, 11) is -40.7. The van der Waals surface area contributed by atoms with Crippen LogP contribution in [0, 0.1) is 13.8 Å². The van der Waals surface area contributed by atoms with E-state index < -0.39 is 129 Å². The Morgan fingerprint density at radius 3 is 0.583 bits per heavy atom. The van der Waals surface area contributed by atoms with Gasteiger partial charge in [0.2, 0.25) is 49.2 Å². The second-order valence-corrected chi connectivity index (χ2v) is 52.2. The highest BCUT2D eigenvalue weighted by Gasteiger charge is 2.31. The lowest BCUT2D eigenvalue weighted by molar-refractivity contribution is 0.478. The van der Waals surface area contributed by atoms with E-state index in [0.717, 1.165) is 117 Å². The molecule has 0 unspecified atom stereocenters. The molecule has 15 aromatic rings. The summed E-state index contributed by atoms with van der Waals surface area (Å²) in [6.45, 7) is 6.76. The Morgan fingerprint density at radius 2 is 0.364 bits per heavy atom. The maximum absolute atomic E-state index is 14.4. The van der Waals surface area contributed by atoms with Gasteiger partial charge in [0.1, 0.15) is 9.79 Å². The van der Waals surface area contributed by atoms with Crippen molar-refractivity contribution in [2.24, 2.45) is 0 Å². The zero-order chi connectivity index (χ0) is 94.4. The minimum Gasteiger partial charge on any atom is -0.282 e. The molecule has 15 rings (SSSR count). The van der Waals surface area contributed by atoms with E-state index in [2.05, 4.69) is 0 Å². The van der Waals surface area contributed by atoms with Crippen LogP contribution in [-0.2, 0) is 89.7 Å². The highest BCUT2D eigenvalue weighted by atomic mass is 32.2. The lowest BCUT2D eigenvalue weighted by Crippen LogP contribution is -2.08. The van der Waals surface area contributed by atoms with Crippen molar-refractivity contribution < 1.29 is 94.0 Å². The smallest absolute Gasteiger partial charge is 0.282 e. The summed E-state index contributed by atoms with van der Waals surface area (Å²) in [6.07, 6.45) is 0. The maximum Gasteiger partial charge on any atom is 0.295 e. The van der Waals surface area contributed by atoms with Crippen LogP contribution in [0.1, 0.15) is 36.5 Å². The SMILES string of the molecule is Cc1ccc(S(=O)(=O)c2ccc(Sc3ccc(Sc4ccc(Sc5ccc(S(=O)(=O)c6ccc(-c7cc(-c8ccc(S(=O)(=O)c9ccc(Sc%10ccc(Sc%11ccc(Sc%12ccc(S(=O)(=O)c%13ccc(C)c(S(=O)(=O)O)c%13)cc%12S(=O)(=O)O)cc%11)cc%10)cc9)cc8)cc(-c8ccc(S(=O)(=O)c9ccc(C(C)C)cc9)cc8)c7)cc6)cc5)cc4)cc3)c(S(=O)(=O)O)c2)cc1S(=O)(=O)O. The number of benzene rings is 15. The number of sulfone groups is 5. The fraction of sp³-hybridized carbons (Fsp3) is 0.0526. The molecular weight excluding hydrogens is 1970 g/mol. The molecule has 0 saturated carbocycles. The Hall–Kier alpha value is -10.2. The van der Waals surface area contributed by atoms with Gasteiger partial charge in [0.05, 0.1) is 58.7 Å². The summed E-state index contributed by atoms with van der Waals surface area (Å²) in [6, 6.07) is 86.8. The van der Waals surface area contributed by atoms with E-state index in [1.165, 1.54) is 134 Å². The zero-order valence-electron chi connectivity index (χ0n) is 69.1. The van der Waals surface area contributed by atoms with Gasteiger partial charge < -0.3 is 0 Å². The van der Waals surface area contributed by atoms with Crippen molar-refractivity contribution in [3.8, 4) is 33.4 Å². The van der Waals surface area contributed by atoms with E-state index in [1.807, 2.05) is 80.6 Å². The average molecular weight is 2050 g/mol. The van der Waals surface area contributed by atoms with Crippen molar-refractivity contribution >= 4 is 160 Å². The lowest BCUT2D eigenvalue weighted by atomic mass is 9.93. The first-order chi connectivity index (χ1) is 62.2. The summed E-state index contributed by atoms with van der Waals surface area (Å²) in [5, 5.41) is 0. The molecule has 0 spiro atoms. The molecule has 0 atom stereocenters. The minimum absolute atomic E-state index is 0.00772. The van der Waals surface area contributed by atoms with Gasteiger partial charge in [0.15, 0.2) is 0 Å². The molecule has 0 bridgehead atoms. The van der Waals surface area contributed by atoms with Gasteiger partial charge in [-0.25, -0.2) is 42.1 Å². The molecule has 22 nitrogen and oxygen atoms in total. The Balaban J connectivity index is 0.592. The Kier molecular flexibility index (Phi) is 27.9. The van der Waals surface area contributed by atoms with Gasteiger partial charge in [0, 0.05) is 58.7 Å². The van der Waals surface area contributed by atoms with E-state index >= 15 is 0 Å². The van der Waals surface area contributed by atoms with Gasteiger partial charge >= 0.3 is 0 Å². The standard InChI is InChI=1S/C95H72O22S15/c1-60(2)63-7-37-80(38-8-63)124(96,97)81-39-9-64(10-40-81)67-53-68(65-11-41-82(42-12-65)125(98,99)84-45-31-76(32-46-84)120-72-19-15-70(16-20-72)118-74-23-27-78(28-24-74)122-90-51-49-88(58-94(90)131(112,113)114)127(102,103)86-35-5-61(3)92(56-86)129(106,107)108)55-69(54-67)66-13-43-83(44-14-66)126(100,101)85-47-33-77(34-48-85)121-73-21-17-71(18-22-73)119-75-25-29-79(30-26-75)123-91-52-50-89(59-95(91)132(115,116)117)128(104,105)87-36-6-62(4)93(57-87)130(109,110)111/h5-60H,1-4H3,(H,106,107,108)(H,109,110,111)(H,112,113,114)(H,115,116,117). The first-order valence-electron chi connectivity index (χ1n) is 39.1. The van der Waals surface area contributed by atoms with Gasteiger partial charge in [-0.05, 0) is 343 Å². The molecule has 0 aromatic heterocycles. The molecule has 15 aromatic carbocycles. The fourth-order valence-electron chi connectivity index (χ4n) is 13.7. The highest BCUT2D eigenvalue weighted by Crippen LogP contribution is 2.44. The van der Waals surface area contributed by atoms with Crippen LogP contribution >= 0.6 is 70.6 Å². The van der Waals surface area contributed by atoms with E-state index in [0.29, 0.717) is 43.2 Å². The second-order valence-electron chi connectivity index (χ2n) is 30.0. The Labute approximate surface area is 790 Å². The van der Waals surface area contributed by atoms with Crippen LogP contribution in [0.25, 0.3) is 33.4 Å². The maximum atomic E-state index is 14.4. The Morgan fingerprint density at radius 1 is 0.189 bits per heavy atom. The van der Waals surface area contributed by atoms with Crippen LogP contribution in [0.4, 0.5) is 0 Å². The lowest BCUT2D eigenvalue weighted by Gasteiger charge is -2.13. The average Bonchev–Trinajstić information content (AvgIpc) is 0.769. The van der Waals surface area contributed by atoms with Crippen LogP contribution < -0.4 is 0 Å². The van der Waals surface area contributed by atoms with Gasteiger partial charge in [-0.1, -0.05) is 145 Å². The second kappa shape index (κ2) is 38.3. The molecule has 0 aliphatic carbocycles. The first kappa shape index (κ1) is 96.4. The van der Waals surface area contributed by atoms with Crippen LogP contribution in [0.2, 0.25) is 0 Å². The van der Waals surface area contributed by atoms with Gasteiger partial charge in [-0.2, -0.15) is 33.7 Å². The van der Waals surface area contributed by atoms with Crippen molar-refractivity contribution in [3.05, 3.63) is 350 Å². The van der Waals surface area contributed by atoms with Crippen molar-refractivity contribution in [2.45, 2.75) is 161 Å². The summed E-state index contributed by atoms with van der Waals surface area (Å²) in [4.78, 5) is 3.33. The van der Waals surface area contributed by atoms with Crippen LogP contribution in [0.5, 0.6) is 0 Å². The van der Waals surface area contributed by atoms with Crippen molar-refractivity contribution in [1.29, 1.82) is 0 Å². The summed E-state index contributed by atoms with van der Waals surface area (Å²) < 4.78 is 278. The normalized spacial score (nSPS) is 12.6. The largest absolute Gasteiger partial charge is 0.295 e. The van der Waals surface area contributed by atoms with Gasteiger partial charge in [0.25, 0.3) is 40.5 Å². The molecule has 0 radical (unpaired) electrons. The van der Waals surface area contributed by atoms with Crippen molar-refractivity contribution in [3.63, 3.8) is 0 Å². The monoisotopic (exact) mass is 2040 g/mol. The third-order valence-corrected chi connectivity index (χ3v) is 39.9. The van der Waals surface area contributed by atoms with Gasteiger partial charge in [-0.3, -0.25) is 18.2 Å². The predicted octanol–water partition coefficient (Wildman–Crippen LogP) is 22.5. The first-order valence-corrected chi connectivity index (χ1v) is 57.2. The predicted molar refractivity (Wildman–Crippen MR) is 508 cm³/mol. The van der Waals surface area contributed by atoms with Crippen molar-refractivity contribution in [1.82, 2.24) is 0 Å². The third kappa shape index (κ3) is 21.9. The molecule has 0 heterocycles. The van der Waals surface area contributed by atoms with E-state index in [1.54, 1.807) is 146 Å². The molecule has 4 N–H and O–H groups in total. The molecular formula is C95H72O22S15. The summed E-state index contributed by atoms with van der Waals surface area (Å²) in [5.41, 5.74) is 5.10. The van der Waals surface area contributed by atoms with Crippen LogP contribution in [0.3, 0.4) is 0 Å². The summed E-state index contributed by atoms with van der Waals surface area (Å²) in [5.74, 6) is 0.197. The molecule has 0 aliphatic rings. The third-order valence-electron chi connectivity index (χ3n) is 20.7. The Bertz CT molecular complexity index is 7730. The van der Waals surface area contributed by atoms with E-state index in [-0.39, 0.29) is 56.2 Å². The topological polar surface area (TPSA) is 388 Å². The summed E-state index contributed by atoms with van der Waals surface area (Å²) >= 11 is 7.62. The van der Waals surface area contributed by atoms with Gasteiger partial charge in [-0.15, -0.1) is 0 Å². The molecule has 0 saturated heterocycles. The number of hydrogen-bond donors (Lipinski definition) is 4. The minimum atomic E-state index is -4.99.